The average Bonchev–Trinajstić information content (AvgIpc) is 2.69. The van der Waals surface area contributed by atoms with Gasteiger partial charge in [0, 0.05) is 28.0 Å². The van der Waals surface area contributed by atoms with Crippen molar-refractivity contribution >= 4 is 27.8 Å². The van der Waals surface area contributed by atoms with E-state index in [9.17, 15) is 23.1 Å². The van der Waals surface area contributed by atoms with Crippen LogP contribution in [0.25, 0.3) is 32.9 Å². The third kappa shape index (κ3) is 2.63. The van der Waals surface area contributed by atoms with Crippen molar-refractivity contribution in [2.45, 2.75) is 0 Å². The summed E-state index contributed by atoms with van der Waals surface area (Å²) < 4.78 is 46.7. The molecule has 28 heavy (non-hydrogen) atoms. The first kappa shape index (κ1) is 17.8. The Balaban J connectivity index is 2.14. The first-order chi connectivity index (χ1) is 13.4. The summed E-state index contributed by atoms with van der Waals surface area (Å²) in [5, 5.41) is 10.4. The molecule has 140 valence electrons. The minimum Gasteiger partial charge on any atom is -0.496 e. The van der Waals surface area contributed by atoms with Crippen LogP contribution in [-0.4, -0.2) is 23.2 Å². The molecule has 0 atom stereocenters. The summed E-state index contributed by atoms with van der Waals surface area (Å²) in [6, 6.07) is 11.4. The Hall–Kier alpha value is -3.61. The fraction of sp³-hybridized carbons (Fsp3) is 0.0476. The zero-order chi connectivity index (χ0) is 20.0. The number of carboxylic acid groups (broad SMARTS) is 1. The van der Waals surface area contributed by atoms with Gasteiger partial charge in [-0.1, -0.05) is 18.2 Å². The van der Waals surface area contributed by atoms with E-state index in [4.69, 9.17) is 4.74 Å². The van der Waals surface area contributed by atoms with Gasteiger partial charge in [0.1, 0.15) is 5.75 Å². The summed E-state index contributed by atoms with van der Waals surface area (Å²) >= 11 is 0. The number of ether oxygens (including phenoxy) is 1. The number of pyridine rings is 1. The van der Waals surface area contributed by atoms with Crippen LogP contribution in [0, 0.1) is 17.5 Å². The molecular formula is C21H12F3NO3. The first-order valence-corrected chi connectivity index (χ1v) is 8.20. The summed E-state index contributed by atoms with van der Waals surface area (Å²) in [6.45, 7) is 0. The van der Waals surface area contributed by atoms with Crippen molar-refractivity contribution in [3.8, 4) is 16.9 Å². The lowest BCUT2D eigenvalue weighted by Crippen LogP contribution is -2.02. The van der Waals surface area contributed by atoms with E-state index < -0.39 is 23.4 Å². The Bertz CT molecular complexity index is 1270. The second-order valence-corrected chi connectivity index (χ2v) is 6.10. The number of methoxy groups -OCH3 is 1. The van der Waals surface area contributed by atoms with Crippen molar-refractivity contribution in [2.75, 3.05) is 7.11 Å². The van der Waals surface area contributed by atoms with E-state index in [0.29, 0.717) is 16.4 Å². The highest BCUT2D eigenvalue weighted by atomic mass is 19.2. The molecule has 0 saturated carbocycles. The molecule has 1 aromatic heterocycles. The number of hydrogen-bond acceptors (Lipinski definition) is 3. The Labute approximate surface area is 156 Å². The van der Waals surface area contributed by atoms with Crippen molar-refractivity contribution in [3.63, 3.8) is 0 Å². The molecule has 0 aliphatic rings. The second-order valence-electron chi connectivity index (χ2n) is 6.10. The fourth-order valence-corrected chi connectivity index (χ4v) is 3.26. The van der Waals surface area contributed by atoms with Gasteiger partial charge in [0.05, 0.1) is 23.7 Å². The summed E-state index contributed by atoms with van der Waals surface area (Å²) in [7, 11) is 1.33. The molecule has 0 unspecified atom stereocenters. The molecule has 3 aromatic carbocycles. The lowest BCUT2D eigenvalue weighted by Gasteiger charge is -2.14. The number of rotatable bonds is 3. The number of aromatic carboxylic acids is 1. The molecule has 0 amide bonds. The van der Waals surface area contributed by atoms with Crippen LogP contribution in [0.4, 0.5) is 13.2 Å². The van der Waals surface area contributed by atoms with Crippen LogP contribution in [0.5, 0.6) is 5.75 Å². The number of carboxylic acids is 1. The van der Waals surface area contributed by atoms with Gasteiger partial charge in [0.25, 0.3) is 0 Å². The molecule has 4 nitrogen and oxygen atoms in total. The number of para-hydroxylation sites is 1. The highest BCUT2D eigenvalue weighted by molar-refractivity contribution is 6.14. The number of aromatic nitrogens is 1. The van der Waals surface area contributed by atoms with Gasteiger partial charge in [-0.3, -0.25) is 0 Å². The minimum absolute atomic E-state index is 0.0208. The smallest absolute Gasteiger partial charge is 0.337 e. The highest BCUT2D eigenvalue weighted by Gasteiger charge is 2.21. The molecule has 4 rings (SSSR count). The predicted molar refractivity (Wildman–Crippen MR) is 98.1 cm³/mol. The SMILES string of the molecule is COc1cc2nc3ccccc3c(C(=O)O)c2cc1-c1ccc(F)c(F)c1F. The zero-order valence-corrected chi connectivity index (χ0v) is 14.5. The summed E-state index contributed by atoms with van der Waals surface area (Å²) in [5.74, 6) is -5.36. The predicted octanol–water partition coefficient (Wildman–Crippen LogP) is 5.18. The van der Waals surface area contributed by atoms with Crippen LogP contribution in [0.2, 0.25) is 0 Å². The van der Waals surface area contributed by atoms with Crippen LogP contribution in [0.3, 0.4) is 0 Å². The van der Waals surface area contributed by atoms with Gasteiger partial charge >= 0.3 is 5.97 Å². The molecule has 0 aliphatic heterocycles. The molecule has 4 aromatic rings. The molecule has 0 radical (unpaired) electrons. The number of fused-ring (bicyclic) bond motifs is 2. The van der Waals surface area contributed by atoms with Crippen molar-refractivity contribution in [2.24, 2.45) is 0 Å². The van der Waals surface area contributed by atoms with Crippen LogP contribution in [-0.2, 0) is 0 Å². The highest BCUT2D eigenvalue weighted by Crippen LogP contribution is 2.38. The molecule has 1 N–H and O–H groups in total. The third-order valence-electron chi connectivity index (χ3n) is 4.54. The van der Waals surface area contributed by atoms with Gasteiger partial charge in [-0.2, -0.15) is 0 Å². The molecular weight excluding hydrogens is 371 g/mol. The Morgan fingerprint density at radius 2 is 1.68 bits per heavy atom. The van der Waals surface area contributed by atoms with E-state index in [1.165, 1.54) is 19.2 Å². The van der Waals surface area contributed by atoms with Gasteiger partial charge in [0.2, 0.25) is 0 Å². The number of carbonyl (C=O) groups is 1. The molecule has 0 aliphatic carbocycles. The van der Waals surface area contributed by atoms with Crippen molar-refractivity contribution < 1.29 is 27.8 Å². The van der Waals surface area contributed by atoms with E-state index in [1.54, 1.807) is 24.3 Å². The normalized spacial score (nSPS) is 11.1. The maximum atomic E-state index is 14.4. The van der Waals surface area contributed by atoms with Gasteiger partial charge in [-0.25, -0.2) is 22.9 Å². The first-order valence-electron chi connectivity index (χ1n) is 8.20. The number of benzene rings is 3. The standard InChI is InChI=1S/C21H12F3NO3/c1-28-17-9-16-13(8-12(17)10-6-7-14(22)20(24)19(10)23)18(21(26)27)11-4-2-3-5-15(11)25-16/h2-9H,1H3,(H,26,27). The van der Waals surface area contributed by atoms with Crippen LogP contribution < -0.4 is 4.74 Å². The number of halogens is 3. The zero-order valence-electron chi connectivity index (χ0n) is 14.5. The van der Waals surface area contributed by atoms with E-state index in [0.717, 1.165) is 12.1 Å². The number of nitrogens with zero attached hydrogens (tertiary/aromatic N) is 1. The molecule has 7 heteroatoms. The molecule has 0 bridgehead atoms. The second kappa shape index (κ2) is 6.53. The lowest BCUT2D eigenvalue weighted by atomic mass is 9.96. The van der Waals surface area contributed by atoms with Gasteiger partial charge in [-0.05, 0) is 24.3 Å². The summed E-state index contributed by atoms with van der Waals surface area (Å²) in [6.07, 6.45) is 0. The summed E-state index contributed by atoms with van der Waals surface area (Å²) in [4.78, 5) is 16.4. The van der Waals surface area contributed by atoms with Crippen molar-refractivity contribution in [1.82, 2.24) is 4.98 Å². The lowest BCUT2D eigenvalue weighted by molar-refractivity contribution is 0.0701. The van der Waals surface area contributed by atoms with Crippen LogP contribution >= 0.6 is 0 Å². The van der Waals surface area contributed by atoms with Gasteiger partial charge in [-0.15, -0.1) is 0 Å². The van der Waals surface area contributed by atoms with Crippen LogP contribution in [0.1, 0.15) is 10.4 Å². The molecule has 0 saturated heterocycles. The Morgan fingerprint density at radius 1 is 0.929 bits per heavy atom. The van der Waals surface area contributed by atoms with Gasteiger partial charge in [0.15, 0.2) is 17.5 Å². The van der Waals surface area contributed by atoms with Gasteiger partial charge < -0.3 is 9.84 Å². The van der Waals surface area contributed by atoms with Crippen molar-refractivity contribution in [1.29, 1.82) is 0 Å². The van der Waals surface area contributed by atoms with E-state index >= 15 is 0 Å². The maximum absolute atomic E-state index is 14.4. The Kier molecular flexibility index (Phi) is 4.15. The minimum atomic E-state index is -1.62. The van der Waals surface area contributed by atoms with Crippen LogP contribution in [0.15, 0.2) is 48.5 Å². The third-order valence-corrected chi connectivity index (χ3v) is 4.54. The quantitative estimate of drug-likeness (QED) is 0.391. The fourth-order valence-electron chi connectivity index (χ4n) is 3.26. The topological polar surface area (TPSA) is 59.4 Å². The average molecular weight is 383 g/mol. The van der Waals surface area contributed by atoms with E-state index in [1.807, 2.05) is 0 Å². The van der Waals surface area contributed by atoms with Crippen molar-refractivity contribution in [3.05, 3.63) is 71.5 Å². The van der Waals surface area contributed by atoms with E-state index in [-0.39, 0.29) is 27.8 Å². The molecule has 0 spiro atoms. The Morgan fingerprint density at radius 3 is 2.39 bits per heavy atom. The largest absolute Gasteiger partial charge is 0.496 e. The number of hydrogen-bond donors (Lipinski definition) is 1. The maximum Gasteiger partial charge on any atom is 0.337 e. The summed E-state index contributed by atoms with van der Waals surface area (Å²) in [5.41, 5.74) is 0.613. The van der Waals surface area contributed by atoms with E-state index in [2.05, 4.69) is 4.98 Å². The molecule has 0 fully saturated rings. The molecule has 1 heterocycles. The monoisotopic (exact) mass is 383 g/mol.